The number of halogens is 2. The number of nitrogens with one attached hydrogen (secondary N) is 1. The van der Waals surface area contributed by atoms with Gasteiger partial charge in [-0.05, 0) is 44.0 Å². The second-order valence-electron chi connectivity index (χ2n) is 4.56. The summed E-state index contributed by atoms with van der Waals surface area (Å²) in [5.41, 5.74) is 0.321. The molecule has 21 heavy (non-hydrogen) atoms. The molecule has 0 radical (unpaired) electrons. The summed E-state index contributed by atoms with van der Waals surface area (Å²) in [5, 5.41) is 11.2. The Balaban J connectivity index is 2.45. The number of rotatable bonds is 8. The minimum Gasteiger partial charge on any atom is -0.481 e. The van der Waals surface area contributed by atoms with Crippen LogP contribution in [-0.2, 0) is 4.79 Å². The average Bonchev–Trinajstić information content (AvgIpc) is 2.38. The van der Waals surface area contributed by atoms with E-state index in [9.17, 15) is 18.4 Å². The van der Waals surface area contributed by atoms with Crippen LogP contribution in [0.15, 0.2) is 24.3 Å². The van der Waals surface area contributed by atoms with Crippen molar-refractivity contribution in [2.45, 2.75) is 38.8 Å². The Kier molecular flexibility index (Phi) is 6.58. The first-order chi connectivity index (χ1) is 9.88. The van der Waals surface area contributed by atoms with Gasteiger partial charge in [-0.2, -0.15) is 8.78 Å². The average molecular weight is 301 g/mol. The van der Waals surface area contributed by atoms with Crippen molar-refractivity contribution in [1.29, 1.82) is 0 Å². The zero-order chi connectivity index (χ0) is 15.8. The second kappa shape index (κ2) is 8.18. The lowest BCUT2D eigenvalue weighted by Crippen LogP contribution is -2.32. The lowest BCUT2D eigenvalue weighted by Gasteiger charge is -2.13. The van der Waals surface area contributed by atoms with Crippen LogP contribution in [0.25, 0.3) is 0 Å². The van der Waals surface area contributed by atoms with Crippen LogP contribution in [0.3, 0.4) is 0 Å². The summed E-state index contributed by atoms with van der Waals surface area (Å²) in [5.74, 6) is -1.24. The van der Waals surface area contributed by atoms with E-state index >= 15 is 0 Å². The molecule has 0 aliphatic rings. The predicted octanol–water partition coefficient (Wildman–Crippen LogP) is 2.66. The number of hydrogen-bond donors (Lipinski definition) is 2. The van der Waals surface area contributed by atoms with Gasteiger partial charge in [0, 0.05) is 18.0 Å². The maximum Gasteiger partial charge on any atom is 0.387 e. The molecule has 1 unspecified atom stereocenters. The van der Waals surface area contributed by atoms with Gasteiger partial charge in [0.2, 0.25) is 0 Å². The largest absolute Gasteiger partial charge is 0.481 e. The number of aliphatic carboxylic acids is 1. The van der Waals surface area contributed by atoms with Crippen LogP contribution >= 0.6 is 0 Å². The number of alkyl halides is 2. The molecule has 0 fully saturated rings. The van der Waals surface area contributed by atoms with E-state index in [1.807, 2.05) is 0 Å². The summed E-state index contributed by atoms with van der Waals surface area (Å²) in [6.07, 6.45) is 1.07. The molecule has 1 rings (SSSR count). The number of carboxylic acid groups (broad SMARTS) is 1. The van der Waals surface area contributed by atoms with Crippen molar-refractivity contribution in [2.75, 3.05) is 0 Å². The van der Waals surface area contributed by atoms with Gasteiger partial charge < -0.3 is 15.2 Å². The highest BCUT2D eigenvalue weighted by molar-refractivity contribution is 5.94. The van der Waals surface area contributed by atoms with E-state index in [1.54, 1.807) is 6.92 Å². The topological polar surface area (TPSA) is 75.6 Å². The smallest absolute Gasteiger partial charge is 0.387 e. The van der Waals surface area contributed by atoms with Gasteiger partial charge in [-0.1, -0.05) is 0 Å². The number of hydrogen-bond acceptors (Lipinski definition) is 3. The Morgan fingerprint density at radius 1 is 1.29 bits per heavy atom. The summed E-state index contributed by atoms with van der Waals surface area (Å²) in [4.78, 5) is 22.2. The number of amides is 1. The van der Waals surface area contributed by atoms with Crippen molar-refractivity contribution in [2.24, 2.45) is 0 Å². The Hall–Kier alpha value is -2.18. The van der Waals surface area contributed by atoms with Crippen molar-refractivity contribution in [1.82, 2.24) is 5.32 Å². The van der Waals surface area contributed by atoms with E-state index in [2.05, 4.69) is 10.1 Å². The van der Waals surface area contributed by atoms with Crippen LogP contribution in [0.5, 0.6) is 5.75 Å². The standard InChI is InChI=1S/C14H17F2NO4/c1-9(3-2-4-12(18)19)17-13(20)10-5-7-11(8-6-10)21-14(15)16/h5-9,14H,2-4H2,1H3,(H,17,20)(H,18,19). The number of ether oxygens (including phenoxy) is 1. The van der Waals surface area contributed by atoms with Crippen LogP contribution in [-0.4, -0.2) is 29.6 Å². The maximum atomic E-state index is 12.0. The van der Waals surface area contributed by atoms with Crippen LogP contribution < -0.4 is 10.1 Å². The molecule has 0 spiro atoms. The lowest BCUT2D eigenvalue weighted by molar-refractivity contribution is -0.137. The van der Waals surface area contributed by atoms with Gasteiger partial charge in [-0.25, -0.2) is 0 Å². The zero-order valence-corrected chi connectivity index (χ0v) is 11.5. The summed E-state index contributed by atoms with van der Waals surface area (Å²) in [7, 11) is 0. The van der Waals surface area contributed by atoms with Crippen molar-refractivity contribution in [3.8, 4) is 5.75 Å². The molecule has 0 bridgehead atoms. The summed E-state index contributed by atoms with van der Waals surface area (Å²) in [6.45, 7) is -1.13. The SMILES string of the molecule is CC(CCCC(=O)O)NC(=O)c1ccc(OC(F)F)cc1. The minimum absolute atomic E-state index is 0.0175. The molecule has 1 amide bonds. The first-order valence-corrected chi connectivity index (χ1v) is 6.46. The van der Waals surface area contributed by atoms with Gasteiger partial charge in [0.15, 0.2) is 0 Å². The monoisotopic (exact) mass is 301 g/mol. The molecule has 0 aromatic heterocycles. The van der Waals surface area contributed by atoms with Gasteiger partial charge in [-0.15, -0.1) is 0 Å². The quantitative estimate of drug-likeness (QED) is 0.774. The van der Waals surface area contributed by atoms with Crippen LogP contribution in [0, 0.1) is 0 Å². The van der Waals surface area contributed by atoms with Crippen molar-refractivity contribution < 1.29 is 28.2 Å². The number of carbonyl (C=O) groups excluding carboxylic acids is 1. The van der Waals surface area contributed by atoms with E-state index in [0.29, 0.717) is 18.4 Å². The van der Waals surface area contributed by atoms with E-state index in [0.717, 1.165) is 0 Å². The molecule has 0 saturated heterocycles. The molecule has 2 N–H and O–H groups in total. The summed E-state index contributed by atoms with van der Waals surface area (Å²) in [6, 6.07) is 5.18. The molecular weight excluding hydrogens is 284 g/mol. The second-order valence-corrected chi connectivity index (χ2v) is 4.56. The van der Waals surface area contributed by atoms with Gasteiger partial charge in [0.25, 0.3) is 5.91 Å². The number of carbonyl (C=O) groups is 2. The Bertz CT molecular complexity index is 476. The fourth-order valence-electron chi connectivity index (χ4n) is 1.73. The van der Waals surface area contributed by atoms with Gasteiger partial charge >= 0.3 is 12.6 Å². The van der Waals surface area contributed by atoms with Crippen LogP contribution in [0.4, 0.5) is 8.78 Å². The van der Waals surface area contributed by atoms with Gasteiger partial charge in [0.1, 0.15) is 5.75 Å². The van der Waals surface area contributed by atoms with Crippen LogP contribution in [0.2, 0.25) is 0 Å². The third-order valence-electron chi connectivity index (χ3n) is 2.75. The summed E-state index contributed by atoms with van der Waals surface area (Å²) < 4.78 is 28.2. The van der Waals surface area contributed by atoms with E-state index < -0.39 is 12.6 Å². The fourth-order valence-corrected chi connectivity index (χ4v) is 1.73. The molecule has 0 saturated carbocycles. The zero-order valence-electron chi connectivity index (χ0n) is 11.5. The van der Waals surface area contributed by atoms with E-state index in [4.69, 9.17) is 5.11 Å². The van der Waals surface area contributed by atoms with Crippen LogP contribution in [0.1, 0.15) is 36.5 Å². The highest BCUT2D eigenvalue weighted by Gasteiger charge is 2.11. The Morgan fingerprint density at radius 2 is 1.90 bits per heavy atom. The van der Waals surface area contributed by atoms with Crippen molar-refractivity contribution in [3.63, 3.8) is 0 Å². The van der Waals surface area contributed by atoms with Crippen molar-refractivity contribution in [3.05, 3.63) is 29.8 Å². The molecular formula is C14H17F2NO4. The fraction of sp³-hybridized carbons (Fsp3) is 0.429. The van der Waals surface area contributed by atoms with E-state index in [-0.39, 0.29) is 24.1 Å². The highest BCUT2D eigenvalue weighted by Crippen LogP contribution is 2.15. The number of carboxylic acids is 1. The third kappa shape index (κ3) is 6.69. The number of benzene rings is 1. The molecule has 116 valence electrons. The third-order valence-corrected chi connectivity index (χ3v) is 2.75. The summed E-state index contributed by atoms with van der Waals surface area (Å²) >= 11 is 0. The highest BCUT2D eigenvalue weighted by atomic mass is 19.3. The Morgan fingerprint density at radius 3 is 2.43 bits per heavy atom. The lowest BCUT2D eigenvalue weighted by atomic mass is 10.1. The molecule has 0 aliphatic heterocycles. The molecule has 1 atom stereocenters. The molecule has 5 nitrogen and oxygen atoms in total. The van der Waals surface area contributed by atoms with E-state index in [1.165, 1.54) is 24.3 Å². The van der Waals surface area contributed by atoms with Gasteiger partial charge in [0.05, 0.1) is 0 Å². The minimum atomic E-state index is -2.90. The van der Waals surface area contributed by atoms with Crippen molar-refractivity contribution >= 4 is 11.9 Å². The molecule has 1 aromatic rings. The van der Waals surface area contributed by atoms with Gasteiger partial charge in [-0.3, -0.25) is 9.59 Å². The normalized spacial score (nSPS) is 12.0. The first-order valence-electron chi connectivity index (χ1n) is 6.46. The first kappa shape index (κ1) is 16.9. The predicted molar refractivity (Wildman–Crippen MR) is 71.5 cm³/mol. The molecule has 0 aliphatic carbocycles. The molecule has 0 heterocycles. The maximum absolute atomic E-state index is 12.0. The molecule has 7 heteroatoms. The Labute approximate surface area is 120 Å². The molecule has 1 aromatic carbocycles.